The molecule has 0 bridgehead atoms. The highest BCUT2D eigenvalue weighted by atomic mass is 127. The largest absolute Gasteiger partial charge is 0.0785 e. The molecule has 0 fully saturated rings. The first-order valence-corrected chi connectivity index (χ1v) is 8.91. The summed E-state index contributed by atoms with van der Waals surface area (Å²) in [6.07, 6.45) is 20.9. The first kappa shape index (κ1) is 17.5. The van der Waals surface area contributed by atoms with Crippen molar-refractivity contribution < 1.29 is 0 Å². The average molecular weight is 350 g/mol. The highest BCUT2D eigenvalue weighted by Crippen LogP contribution is 2.12. The van der Waals surface area contributed by atoms with Crippen LogP contribution in [-0.4, -0.2) is 0 Å². The van der Waals surface area contributed by atoms with Gasteiger partial charge in [-0.25, -0.2) is 0 Å². The summed E-state index contributed by atoms with van der Waals surface area (Å²) >= 11 is 2.30. The predicted octanol–water partition coefficient (Wildman–Crippen LogP) is 7.03. The molecule has 0 atom stereocenters. The molecule has 0 aliphatic heterocycles. The average Bonchev–Trinajstić information content (AvgIpc) is 2.35. The highest BCUT2D eigenvalue weighted by molar-refractivity contribution is 14.1. The van der Waals surface area contributed by atoms with Crippen LogP contribution >= 0.6 is 22.6 Å². The monoisotopic (exact) mass is 350 g/mol. The fourth-order valence-electron chi connectivity index (χ4n) is 2.17. The molecule has 0 radical (unpaired) electrons. The fourth-order valence-corrected chi connectivity index (χ4v) is 2.53. The Morgan fingerprint density at radius 2 is 1.06 bits per heavy atom. The molecule has 0 amide bonds. The van der Waals surface area contributed by atoms with Crippen molar-refractivity contribution in [2.45, 2.75) is 90.4 Å². The van der Waals surface area contributed by atoms with Gasteiger partial charge in [-0.05, 0) is 16.9 Å². The Balaban J connectivity index is 2.89. The van der Waals surface area contributed by atoms with E-state index in [2.05, 4.69) is 39.7 Å². The van der Waals surface area contributed by atoms with E-state index in [4.69, 9.17) is 0 Å². The van der Waals surface area contributed by atoms with Crippen molar-refractivity contribution in [1.29, 1.82) is 0 Å². The molecule has 0 saturated heterocycles. The van der Waals surface area contributed by atoms with Crippen molar-refractivity contribution in [3.8, 4) is 0 Å². The Kier molecular flexibility index (Phi) is 16.9. The van der Waals surface area contributed by atoms with Crippen LogP contribution in [0.1, 0.15) is 90.4 Å². The molecular formula is C16H31I. The van der Waals surface area contributed by atoms with Crippen LogP contribution in [-0.2, 0) is 0 Å². The molecule has 0 aliphatic rings. The molecule has 0 heterocycles. The summed E-state index contributed by atoms with van der Waals surface area (Å²) in [6.45, 7) is 2.29. The van der Waals surface area contributed by atoms with Gasteiger partial charge >= 0.3 is 0 Å². The number of unbranched alkanes of at least 4 members (excludes halogenated alkanes) is 12. The number of halogens is 1. The van der Waals surface area contributed by atoms with E-state index < -0.39 is 0 Å². The third-order valence-corrected chi connectivity index (χ3v) is 3.82. The molecule has 0 saturated carbocycles. The second-order valence-electron chi connectivity index (χ2n) is 5.04. The third-order valence-electron chi connectivity index (χ3n) is 3.31. The normalized spacial score (nSPS) is 11.4. The SMILES string of the molecule is CCCCCCCCCCCCCC/C=C/I. The molecule has 1 heteroatoms. The van der Waals surface area contributed by atoms with Gasteiger partial charge in [-0.3, -0.25) is 0 Å². The van der Waals surface area contributed by atoms with Crippen molar-refractivity contribution >= 4 is 22.6 Å². The van der Waals surface area contributed by atoms with Crippen LogP contribution in [0.25, 0.3) is 0 Å². The minimum atomic E-state index is 1.28. The van der Waals surface area contributed by atoms with Crippen LogP contribution in [0.3, 0.4) is 0 Å². The zero-order valence-corrected chi connectivity index (χ0v) is 13.9. The van der Waals surface area contributed by atoms with E-state index in [-0.39, 0.29) is 0 Å². The van der Waals surface area contributed by atoms with Gasteiger partial charge in [0.25, 0.3) is 0 Å². The number of rotatable bonds is 13. The molecule has 0 unspecified atom stereocenters. The van der Waals surface area contributed by atoms with Crippen molar-refractivity contribution in [3.05, 3.63) is 10.2 Å². The first-order valence-electron chi connectivity index (χ1n) is 7.67. The van der Waals surface area contributed by atoms with Gasteiger partial charge in [0, 0.05) is 0 Å². The number of hydrogen-bond acceptors (Lipinski definition) is 0. The number of hydrogen-bond donors (Lipinski definition) is 0. The first-order chi connectivity index (χ1) is 8.41. The molecule has 0 aromatic heterocycles. The lowest BCUT2D eigenvalue weighted by Gasteiger charge is -2.02. The second-order valence-corrected chi connectivity index (χ2v) is 5.76. The molecular weight excluding hydrogens is 319 g/mol. The predicted molar refractivity (Wildman–Crippen MR) is 88.9 cm³/mol. The van der Waals surface area contributed by atoms with E-state index in [0.717, 1.165) is 0 Å². The van der Waals surface area contributed by atoms with Gasteiger partial charge in [0.15, 0.2) is 0 Å². The van der Waals surface area contributed by atoms with E-state index in [0.29, 0.717) is 0 Å². The second kappa shape index (κ2) is 16.5. The fraction of sp³-hybridized carbons (Fsp3) is 0.875. The van der Waals surface area contributed by atoms with Crippen LogP contribution < -0.4 is 0 Å². The minimum Gasteiger partial charge on any atom is -0.0785 e. The molecule has 102 valence electrons. The summed E-state index contributed by atoms with van der Waals surface area (Å²) in [6, 6.07) is 0. The zero-order chi connectivity index (χ0) is 12.6. The van der Waals surface area contributed by atoms with Crippen molar-refractivity contribution in [2.75, 3.05) is 0 Å². The lowest BCUT2D eigenvalue weighted by Crippen LogP contribution is -1.82. The maximum absolute atomic E-state index is 2.30. The Bertz CT molecular complexity index is 152. The quantitative estimate of drug-likeness (QED) is 0.247. The van der Waals surface area contributed by atoms with E-state index in [1.165, 1.54) is 83.5 Å². The Morgan fingerprint density at radius 3 is 1.47 bits per heavy atom. The van der Waals surface area contributed by atoms with Crippen LogP contribution in [0.4, 0.5) is 0 Å². The van der Waals surface area contributed by atoms with E-state index in [1.807, 2.05) is 0 Å². The molecule has 0 aromatic rings. The maximum Gasteiger partial charge on any atom is -0.0274 e. The lowest BCUT2D eigenvalue weighted by atomic mass is 10.0. The topological polar surface area (TPSA) is 0 Å². The van der Waals surface area contributed by atoms with Gasteiger partial charge in [0.2, 0.25) is 0 Å². The Labute approximate surface area is 123 Å². The number of allylic oxidation sites excluding steroid dienone is 1. The maximum atomic E-state index is 2.30. The summed E-state index contributed by atoms with van der Waals surface area (Å²) in [5.41, 5.74) is 0. The highest BCUT2D eigenvalue weighted by Gasteiger charge is 1.92. The molecule has 0 nitrogen and oxygen atoms in total. The van der Waals surface area contributed by atoms with Gasteiger partial charge in [0.05, 0.1) is 0 Å². The van der Waals surface area contributed by atoms with Gasteiger partial charge < -0.3 is 0 Å². The van der Waals surface area contributed by atoms with E-state index >= 15 is 0 Å². The van der Waals surface area contributed by atoms with Crippen molar-refractivity contribution in [3.63, 3.8) is 0 Å². The van der Waals surface area contributed by atoms with Gasteiger partial charge in [-0.15, -0.1) is 0 Å². The summed E-state index contributed by atoms with van der Waals surface area (Å²) in [5, 5.41) is 0. The van der Waals surface area contributed by atoms with Crippen LogP contribution in [0.2, 0.25) is 0 Å². The summed E-state index contributed by atoms with van der Waals surface area (Å²) in [5.74, 6) is 0. The van der Waals surface area contributed by atoms with E-state index in [1.54, 1.807) is 0 Å². The van der Waals surface area contributed by atoms with Crippen LogP contribution in [0.15, 0.2) is 10.2 Å². The summed E-state index contributed by atoms with van der Waals surface area (Å²) in [4.78, 5) is 0. The van der Waals surface area contributed by atoms with E-state index in [9.17, 15) is 0 Å². The molecule has 0 spiro atoms. The smallest absolute Gasteiger partial charge is 0.0274 e. The van der Waals surface area contributed by atoms with Gasteiger partial charge in [-0.2, -0.15) is 0 Å². The zero-order valence-electron chi connectivity index (χ0n) is 11.7. The Hall–Kier alpha value is 0.470. The summed E-state index contributed by atoms with van der Waals surface area (Å²) < 4.78 is 2.14. The minimum absolute atomic E-state index is 1.28. The van der Waals surface area contributed by atoms with Gasteiger partial charge in [0.1, 0.15) is 0 Å². The molecule has 0 aromatic carbocycles. The third kappa shape index (κ3) is 16.5. The van der Waals surface area contributed by atoms with Crippen LogP contribution in [0.5, 0.6) is 0 Å². The standard InChI is InChI=1S/C16H31I/c1-2-3-4-5-6-7-8-9-10-11-12-13-14-15-16-17/h15-16H,2-14H2,1H3/b16-15+. The molecule has 0 aliphatic carbocycles. The van der Waals surface area contributed by atoms with Crippen LogP contribution in [0, 0.1) is 0 Å². The van der Waals surface area contributed by atoms with Gasteiger partial charge in [-0.1, -0.05) is 106 Å². The van der Waals surface area contributed by atoms with Crippen molar-refractivity contribution in [2.24, 2.45) is 0 Å². The lowest BCUT2D eigenvalue weighted by molar-refractivity contribution is 0.545. The molecule has 0 N–H and O–H groups in total. The summed E-state index contributed by atoms with van der Waals surface area (Å²) in [7, 11) is 0. The molecule has 0 rings (SSSR count). The van der Waals surface area contributed by atoms with Crippen molar-refractivity contribution in [1.82, 2.24) is 0 Å². The molecule has 17 heavy (non-hydrogen) atoms. The Morgan fingerprint density at radius 1 is 0.647 bits per heavy atom.